The number of esters is 1. The fraction of sp³-hybridized carbons (Fsp3) is 0.300. The zero-order valence-electron chi connectivity index (χ0n) is 10.8. The van der Waals surface area contributed by atoms with E-state index in [4.69, 9.17) is 0 Å². The van der Waals surface area contributed by atoms with E-state index in [0.717, 1.165) is 7.11 Å². The highest BCUT2D eigenvalue weighted by Crippen LogP contribution is 2.41. The molecule has 0 saturated heterocycles. The van der Waals surface area contributed by atoms with Crippen LogP contribution >= 0.6 is 0 Å². The number of hydrogen-bond acceptors (Lipinski definition) is 7. The molecule has 0 amide bonds. The highest BCUT2D eigenvalue weighted by atomic mass is 19.4. The molecular formula is C10H8F3N3O6. The van der Waals surface area contributed by atoms with E-state index in [0.29, 0.717) is 0 Å². The van der Waals surface area contributed by atoms with Crippen LogP contribution in [0.15, 0.2) is 12.1 Å². The summed E-state index contributed by atoms with van der Waals surface area (Å²) in [6.45, 7) is -0.691. The number of anilines is 1. The number of ether oxygens (including phenoxy) is 1. The van der Waals surface area contributed by atoms with E-state index < -0.39 is 51.2 Å². The molecule has 0 saturated carbocycles. The Bertz CT molecular complexity index is 596. The standard InChI is InChI=1S/C10H8F3N3O6/c1-22-8(17)4-14-9-6(15(18)19)2-5(10(11,12)13)3-7(9)16(20)21/h2-3,14H,4H2,1H3. The van der Waals surface area contributed by atoms with Crippen LogP contribution in [-0.4, -0.2) is 29.5 Å². The maximum absolute atomic E-state index is 12.6. The Kier molecular flexibility index (Phi) is 4.86. The van der Waals surface area contributed by atoms with Crippen molar-refractivity contribution in [1.82, 2.24) is 0 Å². The molecule has 0 fully saturated rings. The van der Waals surface area contributed by atoms with Gasteiger partial charge in [0.25, 0.3) is 11.4 Å². The molecule has 1 rings (SSSR count). The van der Waals surface area contributed by atoms with E-state index in [-0.39, 0.29) is 12.1 Å². The van der Waals surface area contributed by atoms with Crippen molar-refractivity contribution in [3.05, 3.63) is 37.9 Å². The quantitative estimate of drug-likeness (QED) is 0.499. The van der Waals surface area contributed by atoms with Gasteiger partial charge in [-0.2, -0.15) is 13.2 Å². The zero-order chi connectivity index (χ0) is 17.1. The van der Waals surface area contributed by atoms with Crippen LogP contribution in [0.4, 0.5) is 30.2 Å². The van der Waals surface area contributed by atoms with Crippen molar-refractivity contribution in [1.29, 1.82) is 0 Å². The van der Waals surface area contributed by atoms with E-state index >= 15 is 0 Å². The van der Waals surface area contributed by atoms with E-state index in [9.17, 15) is 38.2 Å². The minimum atomic E-state index is -5.00. The molecule has 0 aliphatic carbocycles. The Morgan fingerprint density at radius 2 is 1.68 bits per heavy atom. The molecule has 0 unspecified atom stereocenters. The van der Waals surface area contributed by atoms with E-state index in [1.165, 1.54) is 0 Å². The number of halogens is 3. The van der Waals surface area contributed by atoms with Crippen LogP contribution in [0.5, 0.6) is 0 Å². The molecule has 0 spiro atoms. The SMILES string of the molecule is COC(=O)CNc1c([N+](=O)[O-])cc(C(F)(F)F)cc1[N+](=O)[O-]. The number of hydrogen-bond donors (Lipinski definition) is 1. The lowest BCUT2D eigenvalue weighted by molar-refractivity contribution is -0.392. The highest BCUT2D eigenvalue weighted by molar-refractivity contribution is 5.81. The zero-order valence-corrected chi connectivity index (χ0v) is 10.8. The Balaban J connectivity index is 3.47. The number of benzene rings is 1. The molecule has 1 N–H and O–H groups in total. The maximum Gasteiger partial charge on any atom is 0.416 e. The summed E-state index contributed by atoms with van der Waals surface area (Å²) in [6, 6.07) is 0.291. The minimum Gasteiger partial charge on any atom is -0.468 e. The molecule has 1 aromatic carbocycles. The summed E-state index contributed by atoms with van der Waals surface area (Å²) in [5.74, 6) is -0.913. The van der Waals surface area contributed by atoms with Crippen molar-refractivity contribution >= 4 is 23.0 Å². The van der Waals surface area contributed by atoms with Gasteiger partial charge in [0.1, 0.15) is 6.54 Å². The van der Waals surface area contributed by atoms with Crippen molar-refractivity contribution in [2.24, 2.45) is 0 Å². The normalized spacial score (nSPS) is 10.9. The molecule has 0 aliphatic rings. The molecule has 12 heteroatoms. The average molecular weight is 323 g/mol. The number of carbonyl (C=O) groups excluding carboxylic acids is 1. The van der Waals surface area contributed by atoms with Crippen LogP contribution in [-0.2, 0) is 15.7 Å². The molecule has 9 nitrogen and oxygen atoms in total. The number of nitro groups is 2. The molecular weight excluding hydrogens is 315 g/mol. The monoisotopic (exact) mass is 323 g/mol. The van der Waals surface area contributed by atoms with Crippen molar-refractivity contribution in [2.45, 2.75) is 6.18 Å². The first-order chi connectivity index (χ1) is 10.1. The predicted molar refractivity (Wildman–Crippen MR) is 65.3 cm³/mol. The number of nitrogens with zero attached hydrogens (tertiary/aromatic N) is 2. The van der Waals surface area contributed by atoms with Gasteiger partial charge in [0.05, 0.1) is 22.5 Å². The van der Waals surface area contributed by atoms with Gasteiger partial charge in [-0.1, -0.05) is 0 Å². The molecule has 0 heterocycles. The fourth-order valence-corrected chi connectivity index (χ4v) is 1.48. The number of nitrogens with one attached hydrogen (secondary N) is 1. The smallest absolute Gasteiger partial charge is 0.416 e. The third-order valence-corrected chi connectivity index (χ3v) is 2.45. The summed E-state index contributed by atoms with van der Waals surface area (Å²) in [5.41, 5.74) is -4.71. The van der Waals surface area contributed by atoms with Gasteiger partial charge in [-0.05, 0) is 0 Å². The van der Waals surface area contributed by atoms with Gasteiger partial charge < -0.3 is 10.1 Å². The molecule has 0 bridgehead atoms. The average Bonchev–Trinajstić information content (AvgIpc) is 2.42. The van der Waals surface area contributed by atoms with E-state index in [1.807, 2.05) is 5.32 Å². The Morgan fingerprint density at radius 1 is 1.23 bits per heavy atom. The van der Waals surface area contributed by atoms with Gasteiger partial charge in [0, 0.05) is 12.1 Å². The summed E-state index contributed by atoms with van der Waals surface area (Å²) in [5, 5.41) is 23.7. The predicted octanol–water partition coefficient (Wildman–Crippen LogP) is 2.11. The Hall–Kier alpha value is -2.92. The first kappa shape index (κ1) is 17.1. The van der Waals surface area contributed by atoms with Gasteiger partial charge in [-0.15, -0.1) is 0 Å². The molecule has 0 atom stereocenters. The minimum absolute atomic E-state index is 0.145. The van der Waals surface area contributed by atoms with Gasteiger partial charge in [0.2, 0.25) is 0 Å². The van der Waals surface area contributed by atoms with Crippen molar-refractivity contribution in [3.8, 4) is 0 Å². The van der Waals surface area contributed by atoms with Crippen molar-refractivity contribution in [2.75, 3.05) is 19.0 Å². The second-order valence-corrected chi connectivity index (χ2v) is 3.83. The van der Waals surface area contributed by atoms with E-state index in [1.54, 1.807) is 0 Å². The van der Waals surface area contributed by atoms with Crippen LogP contribution in [0.2, 0.25) is 0 Å². The lowest BCUT2D eigenvalue weighted by Crippen LogP contribution is -2.17. The summed E-state index contributed by atoms with van der Waals surface area (Å²) < 4.78 is 42.1. The molecule has 0 radical (unpaired) electrons. The second kappa shape index (κ2) is 6.24. The molecule has 0 aromatic heterocycles. The topological polar surface area (TPSA) is 125 Å². The summed E-state index contributed by atoms with van der Waals surface area (Å²) in [4.78, 5) is 30.2. The Morgan fingerprint density at radius 3 is 2.00 bits per heavy atom. The Labute approximate surface area is 120 Å². The largest absolute Gasteiger partial charge is 0.468 e. The lowest BCUT2D eigenvalue weighted by atomic mass is 10.1. The maximum atomic E-state index is 12.6. The number of carbonyl (C=O) groups is 1. The number of nitro benzene ring substituents is 2. The van der Waals surface area contributed by atoms with Crippen molar-refractivity contribution in [3.63, 3.8) is 0 Å². The molecule has 1 aromatic rings. The van der Waals surface area contributed by atoms with Crippen LogP contribution in [0, 0.1) is 20.2 Å². The molecule has 120 valence electrons. The third kappa shape index (κ3) is 3.80. The van der Waals surface area contributed by atoms with Gasteiger partial charge in [0.15, 0.2) is 5.69 Å². The van der Waals surface area contributed by atoms with E-state index in [2.05, 4.69) is 4.74 Å². The van der Waals surface area contributed by atoms with Crippen molar-refractivity contribution < 1.29 is 32.5 Å². The first-order valence-corrected chi connectivity index (χ1v) is 5.42. The summed E-state index contributed by atoms with van der Waals surface area (Å²) in [7, 11) is 1.000. The van der Waals surface area contributed by atoms with Gasteiger partial charge >= 0.3 is 12.1 Å². The van der Waals surface area contributed by atoms with Crippen LogP contribution in [0.3, 0.4) is 0 Å². The number of rotatable bonds is 5. The van der Waals surface area contributed by atoms with Gasteiger partial charge in [-0.25, -0.2) is 0 Å². The third-order valence-electron chi connectivity index (χ3n) is 2.45. The molecule has 0 aliphatic heterocycles. The van der Waals surface area contributed by atoms with Gasteiger partial charge in [-0.3, -0.25) is 25.0 Å². The number of methoxy groups -OCH3 is 1. The molecule has 22 heavy (non-hydrogen) atoms. The summed E-state index contributed by atoms with van der Waals surface area (Å²) in [6.07, 6.45) is -5.00. The summed E-state index contributed by atoms with van der Waals surface area (Å²) >= 11 is 0. The second-order valence-electron chi connectivity index (χ2n) is 3.83. The fourth-order valence-electron chi connectivity index (χ4n) is 1.48. The first-order valence-electron chi connectivity index (χ1n) is 5.42. The van der Waals surface area contributed by atoms with Crippen LogP contribution in [0.25, 0.3) is 0 Å². The lowest BCUT2D eigenvalue weighted by Gasteiger charge is -2.10. The van der Waals surface area contributed by atoms with Crippen LogP contribution in [0.1, 0.15) is 5.56 Å². The van der Waals surface area contributed by atoms with Crippen LogP contribution < -0.4 is 5.32 Å². The number of alkyl halides is 3. The highest BCUT2D eigenvalue weighted by Gasteiger charge is 2.37.